The number of benzene rings is 2. The van der Waals surface area contributed by atoms with Gasteiger partial charge < -0.3 is 15.0 Å². The predicted octanol–water partition coefficient (Wildman–Crippen LogP) is 2.22. The zero-order valence-corrected chi connectivity index (χ0v) is 15.1. The van der Waals surface area contributed by atoms with Gasteiger partial charge in [0.15, 0.2) is 0 Å². The number of rotatable bonds is 2. The number of likely N-dealkylation sites (tertiary alicyclic amines) is 1. The van der Waals surface area contributed by atoms with E-state index in [1.54, 1.807) is 0 Å². The minimum Gasteiger partial charge on any atom is -0.448 e. The number of carbonyl (C=O) groups is 3. The average molecular weight is 377 g/mol. The number of nitrogens with one attached hydrogen (secondary N) is 2. The van der Waals surface area contributed by atoms with Gasteiger partial charge in [-0.3, -0.25) is 10.1 Å². The molecule has 1 atom stereocenters. The molecule has 0 bridgehead atoms. The normalized spacial score (nSPS) is 22.8. The van der Waals surface area contributed by atoms with Crippen LogP contribution in [0.25, 0.3) is 11.1 Å². The zero-order valence-electron chi connectivity index (χ0n) is 15.1. The van der Waals surface area contributed by atoms with Crippen molar-refractivity contribution in [2.75, 3.05) is 19.7 Å². The maximum Gasteiger partial charge on any atom is 0.409 e. The van der Waals surface area contributed by atoms with Crippen LogP contribution in [0.3, 0.4) is 0 Å². The molecule has 0 radical (unpaired) electrons. The Morgan fingerprint density at radius 2 is 1.71 bits per heavy atom. The summed E-state index contributed by atoms with van der Waals surface area (Å²) >= 11 is 0. The molecule has 0 saturated carbocycles. The van der Waals surface area contributed by atoms with Gasteiger partial charge in [0.05, 0.1) is 6.54 Å². The van der Waals surface area contributed by atoms with Crippen LogP contribution in [0, 0.1) is 0 Å². The molecule has 1 spiro atoms. The molecular weight excluding hydrogens is 358 g/mol. The van der Waals surface area contributed by atoms with Crippen molar-refractivity contribution in [2.45, 2.75) is 17.9 Å². The second-order valence-electron chi connectivity index (χ2n) is 7.47. The number of carbonyl (C=O) groups excluding carboxylic acids is 3. The first-order valence-electron chi connectivity index (χ1n) is 9.31. The second-order valence-corrected chi connectivity index (χ2v) is 7.47. The van der Waals surface area contributed by atoms with E-state index in [0.29, 0.717) is 13.0 Å². The Hall–Kier alpha value is -3.35. The number of amides is 4. The standard InChI is InChI=1S/C21H19N3O4/c25-18-21(23-19(26)22-18)9-10-24(12-21)20(27)28-11-17-15-7-3-1-5-13(15)14-6-2-4-8-16(14)17/h1-8,17H,9-12H2,(H2,22,23,25,26). The summed E-state index contributed by atoms with van der Waals surface area (Å²) in [5, 5.41) is 4.88. The Kier molecular flexibility index (Phi) is 3.65. The molecule has 2 heterocycles. The van der Waals surface area contributed by atoms with Crippen molar-refractivity contribution >= 4 is 18.0 Å². The Labute approximate surface area is 161 Å². The SMILES string of the molecule is O=C1NC(=O)C2(CCN(C(=O)OCC3c4ccccc4-c4ccccc43)C2)N1. The fourth-order valence-corrected chi connectivity index (χ4v) is 4.47. The minimum atomic E-state index is -1.03. The van der Waals surface area contributed by atoms with Gasteiger partial charge in [0.1, 0.15) is 12.1 Å². The summed E-state index contributed by atoms with van der Waals surface area (Å²) in [6.07, 6.45) is -0.0814. The molecule has 2 saturated heterocycles. The quantitative estimate of drug-likeness (QED) is 0.786. The molecule has 2 aromatic carbocycles. The molecule has 2 aliphatic heterocycles. The van der Waals surface area contributed by atoms with Crippen molar-refractivity contribution in [3.63, 3.8) is 0 Å². The number of imide groups is 1. The molecule has 1 aliphatic carbocycles. The van der Waals surface area contributed by atoms with Crippen molar-refractivity contribution in [1.29, 1.82) is 0 Å². The lowest BCUT2D eigenvalue weighted by Crippen LogP contribution is -2.49. The summed E-state index contributed by atoms with van der Waals surface area (Å²) in [6, 6.07) is 15.8. The summed E-state index contributed by atoms with van der Waals surface area (Å²) in [6.45, 7) is 0.723. The highest BCUT2D eigenvalue weighted by atomic mass is 16.6. The van der Waals surface area contributed by atoms with Crippen LogP contribution < -0.4 is 10.6 Å². The summed E-state index contributed by atoms with van der Waals surface area (Å²) in [5.41, 5.74) is 3.62. The van der Waals surface area contributed by atoms with Gasteiger partial charge in [-0.25, -0.2) is 9.59 Å². The van der Waals surface area contributed by atoms with Gasteiger partial charge >= 0.3 is 12.1 Å². The first-order chi connectivity index (χ1) is 13.6. The van der Waals surface area contributed by atoms with Gasteiger partial charge in [0.25, 0.3) is 5.91 Å². The third-order valence-corrected chi connectivity index (χ3v) is 5.88. The first kappa shape index (κ1) is 16.8. The summed E-state index contributed by atoms with van der Waals surface area (Å²) in [7, 11) is 0. The highest BCUT2D eigenvalue weighted by Gasteiger charge is 2.52. The van der Waals surface area contributed by atoms with E-state index in [4.69, 9.17) is 4.74 Å². The maximum atomic E-state index is 12.6. The molecule has 142 valence electrons. The van der Waals surface area contributed by atoms with E-state index in [2.05, 4.69) is 34.9 Å². The topological polar surface area (TPSA) is 87.7 Å². The third-order valence-electron chi connectivity index (χ3n) is 5.88. The lowest BCUT2D eigenvalue weighted by atomic mass is 9.98. The number of urea groups is 1. The highest BCUT2D eigenvalue weighted by molar-refractivity contribution is 6.07. The Bertz CT molecular complexity index is 959. The van der Waals surface area contributed by atoms with Gasteiger partial charge in [-0.1, -0.05) is 48.5 Å². The van der Waals surface area contributed by atoms with Crippen LogP contribution in [0.2, 0.25) is 0 Å². The van der Waals surface area contributed by atoms with Crippen LogP contribution in [0.4, 0.5) is 9.59 Å². The molecule has 1 unspecified atom stereocenters. The Morgan fingerprint density at radius 3 is 2.32 bits per heavy atom. The molecule has 0 aromatic heterocycles. The van der Waals surface area contributed by atoms with E-state index in [1.807, 2.05) is 24.3 Å². The summed E-state index contributed by atoms with van der Waals surface area (Å²) < 4.78 is 5.63. The van der Waals surface area contributed by atoms with E-state index in [1.165, 1.54) is 16.0 Å². The van der Waals surface area contributed by atoms with E-state index < -0.39 is 17.7 Å². The van der Waals surface area contributed by atoms with Crippen molar-refractivity contribution < 1.29 is 19.1 Å². The number of hydrogen-bond donors (Lipinski definition) is 2. The zero-order chi connectivity index (χ0) is 19.3. The molecule has 4 amide bonds. The van der Waals surface area contributed by atoms with Gasteiger partial charge in [-0.2, -0.15) is 0 Å². The van der Waals surface area contributed by atoms with Gasteiger partial charge in [0.2, 0.25) is 0 Å². The van der Waals surface area contributed by atoms with Crippen molar-refractivity contribution in [2.24, 2.45) is 0 Å². The summed E-state index contributed by atoms with van der Waals surface area (Å²) in [4.78, 5) is 37.6. The van der Waals surface area contributed by atoms with Crippen LogP contribution in [0.1, 0.15) is 23.5 Å². The first-order valence-corrected chi connectivity index (χ1v) is 9.31. The lowest BCUT2D eigenvalue weighted by molar-refractivity contribution is -0.123. The molecule has 7 nitrogen and oxygen atoms in total. The Morgan fingerprint density at radius 1 is 1.07 bits per heavy atom. The summed E-state index contributed by atoms with van der Waals surface area (Å²) in [5.74, 6) is -0.395. The van der Waals surface area contributed by atoms with E-state index >= 15 is 0 Å². The van der Waals surface area contributed by atoms with Crippen LogP contribution in [-0.2, 0) is 9.53 Å². The Balaban J connectivity index is 1.30. The molecule has 5 rings (SSSR count). The van der Waals surface area contributed by atoms with E-state index in [-0.39, 0.29) is 25.0 Å². The van der Waals surface area contributed by atoms with Crippen LogP contribution >= 0.6 is 0 Å². The molecule has 7 heteroatoms. The fraction of sp³-hybridized carbons (Fsp3) is 0.286. The minimum absolute atomic E-state index is 0.0117. The van der Waals surface area contributed by atoms with Crippen LogP contribution in [0.5, 0.6) is 0 Å². The van der Waals surface area contributed by atoms with Crippen LogP contribution in [0.15, 0.2) is 48.5 Å². The number of nitrogens with zero attached hydrogens (tertiary/aromatic N) is 1. The van der Waals surface area contributed by atoms with Gasteiger partial charge in [-0.05, 0) is 28.7 Å². The smallest absolute Gasteiger partial charge is 0.409 e. The number of fused-ring (bicyclic) bond motifs is 3. The third kappa shape index (κ3) is 2.46. The van der Waals surface area contributed by atoms with Gasteiger partial charge in [-0.15, -0.1) is 0 Å². The molecule has 28 heavy (non-hydrogen) atoms. The highest BCUT2D eigenvalue weighted by Crippen LogP contribution is 2.44. The molecular formula is C21H19N3O4. The predicted molar refractivity (Wildman–Crippen MR) is 101 cm³/mol. The maximum absolute atomic E-state index is 12.6. The van der Waals surface area contributed by atoms with Crippen molar-refractivity contribution in [1.82, 2.24) is 15.5 Å². The van der Waals surface area contributed by atoms with Crippen molar-refractivity contribution in [3.8, 4) is 11.1 Å². The monoisotopic (exact) mass is 377 g/mol. The largest absolute Gasteiger partial charge is 0.448 e. The van der Waals surface area contributed by atoms with E-state index in [0.717, 1.165) is 11.1 Å². The lowest BCUT2D eigenvalue weighted by Gasteiger charge is -2.22. The molecule has 2 fully saturated rings. The fourth-order valence-electron chi connectivity index (χ4n) is 4.47. The van der Waals surface area contributed by atoms with E-state index in [9.17, 15) is 14.4 Å². The average Bonchev–Trinajstić information content (AvgIpc) is 3.35. The molecule has 2 N–H and O–H groups in total. The number of ether oxygens (including phenoxy) is 1. The molecule has 2 aromatic rings. The molecule has 3 aliphatic rings. The van der Waals surface area contributed by atoms with Gasteiger partial charge in [0, 0.05) is 12.5 Å². The number of hydrogen-bond acceptors (Lipinski definition) is 4. The van der Waals surface area contributed by atoms with Crippen molar-refractivity contribution in [3.05, 3.63) is 59.7 Å². The second kappa shape index (κ2) is 6.09. The van der Waals surface area contributed by atoms with Crippen LogP contribution in [-0.4, -0.2) is 48.2 Å².